The molecule has 0 saturated carbocycles. The van der Waals surface area contributed by atoms with Gasteiger partial charge in [0, 0.05) is 49.7 Å². The first-order valence-electron chi connectivity index (χ1n) is 13.0. The predicted octanol–water partition coefficient (Wildman–Crippen LogP) is 6.66. The largest absolute Gasteiger partial charge is 0.443 e. The molecule has 0 bridgehead atoms. The SMILES string of the molecule is CN(C(=O)OC(C)(C)C)c1ccc(C(F)(F)F)c(-c2cc3ncnc(N4CCN(C(C)(C)C)CC4)c3cc2Cl)n1. The Labute approximate surface area is 237 Å². The third kappa shape index (κ3) is 6.41. The van der Waals surface area contributed by atoms with Crippen molar-refractivity contribution in [2.24, 2.45) is 0 Å². The van der Waals surface area contributed by atoms with Crippen molar-refractivity contribution < 1.29 is 22.7 Å². The molecule has 8 nitrogen and oxygen atoms in total. The summed E-state index contributed by atoms with van der Waals surface area (Å²) < 4.78 is 47.6. The molecule has 1 aliphatic heterocycles. The van der Waals surface area contributed by atoms with Gasteiger partial charge >= 0.3 is 12.3 Å². The number of amides is 1. The minimum atomic E-state index is -4.72. The number of anilines is 2. The number of fused-ring (bicyclic) bond motifs is 1. The van der Waals surface area contributed by atoms with Crippen molar-refractivity contribution in [3.63, 3.8) is 0 Å². The van der Waals surface area contributed by atoms with E-state index >= 15 is 0 Å². The second-order valence-corrected chi connectivity index (χ2v) is 12.2. The number of hydrogen-bond donors (Lipinski definition) is 0. The Kier molecular flexibility index (Phi) is 7.94. The third-order valence-electron chi connectivity index (χ3n) is 6.68. The molecule has 3 aromatic rings. The van der Waals surface area contributed by atoms with Gasteiger partial charge in [-0.1, -0.05) is 11.6 Å². The molecule has 0 spiro atoms. The summed E-state index contributed by atoms with van der Waals surface area (Å²) in [6, 6.07) is 5.09. The van der Waals surface area contributed by atoms with E-state index < -0.39 is 29.1 Å². The smallest absolute Gasteiger partial charge is 0.418 e. The highest BCUT2D eigenvalue weighted by molar-refractivity contribution is 6.34. The summed E-state index contributed by atoms with van der Waals surface area (Å²) in [5, 5.41) is 0.697. The Morgan fingerprint density at radius 1 is 1.00 bits per heavy atom. The number of carbonyl (C=O) groups excluding carboxylic acids is 1. The number of hydrogen-bond acceptors (Lipinski definition) is 7. The van der Waals surface area contributed by atoms with Gasteiger partial charge in [-0.25, -0.2) is 19.7 Å². The van der Waals surface area contributed by atoms with Crippen LogP contribution >= 0.6 is 11.6 Å². The number of halogens is 4. The van der Waals surface area contributed by atoms with E-state index in [1.54, 1.807) is 26.8 Å². The molecule has 0 unspecified atom stereocenters. The quantitative estimate of drug-likeness (QED) is 0.344. The maximum Gasteiger partial charge on any atom is 0.418 e. The van der Waals surface area contributed by atoms with Gasteiger partial charge in [-0.2, -0.15) is 13.2 Å². The van der Waals surface area contributed by atoms with E-state index in [1.807, 2.05) is 0 Å². The average molecular weight is 579 g/mol. The van der Waals surface area contributed by atoms with Gasteiger partial charge in [0.25, 0.3) is 0 Å². The zero-order valence-corrected chi connectivity index (χ0v) is 24.5. The van der Waals surface area contributed by atoms with Crippen LogP contribution in [0.15, 0.2) is 30.6 Å². The van der Waals surface area contributed by atoms with Crippen molar-refractivity contribution in [1.29, 1.82) is 0 Å². The molecular formula is C28H34ClF3N6O2. The summed E-state index contributed by atoms with van der Waals surface area (Å²) in [7, 11) is 1.38. The molecule has 0 aliphatic carbocycles. The zero-order chi connectivity index (χ0) is 29.6. The second kappa shape index (κ2) is 10.7. The van der Waals surface area contributed by atoms with Crippen LogP contribution in [0.1, 0.15) is 47.1 Å². The summed E-state index contributed by atoms with van der Waals surface area (Å²) in [6.07, 6.45) is -4.07. The fraction of sp³-hybridized carbons (Fsp3) is 0.500. The number of alkyl halides is 3. The molecular weight excluding hydrogens is 545 g/mol. The van der Waals surface area contributed by atoms with Crippen molar-refractivity contribution in [3.8, 4) is 11.3 Å². The van der Waals surface area contributed by atoms with Crippen molar-refractivity contribution in [2.45, 2.75) is 58.9 Å². The van der Waals surface area contributed by atoms with Crippen molar-refractivity contribution in [2.75, 3.05) is 43.0 Å². The molecule has 1 amide bonds. The van der Waals surface area contributed by atoms with Crippen LogP contribution in [0.5, 0.6) is 0 Å². The molecule has 1 fully saturated rings. The van der Waals surface area contributed by atoms with Crippen molar-refractivity contribution in [1.82, 2.24) is 19.9 Å². The van der Waals surface area contributed by atoms with Gasteiger partial charge in [-0.3, -0.25) is 9.80 Å². The molecule has 1 aliphatic rings. The molecule has 1 aromatic carbocycles. The Morgan fingerprint density at radius 3 is 2.23 bits per heavy atom. The molecule has 0 radical (unpaired) electrons. The molecule has 2 aromatic heterocycles. The highest BCUT2D eigenvalue weighted by atomic mass is 35.5. The van der Waals surface area contributed by atoms with Crippen LogP contribution in [0.4, 0.5) is 29.6 Å². The Hall–Kier alpha value is -3.18. The first-order chi connectivity index (χ1) is 18.5. The van der Waals surface area contributed by atoms with Crippen LogP contribution in [0.3, 0.4) is 0 Å². The summed E-state index contributed by atoms with van der Waals surface area (Å²) in [5.74, 6) is 0.655. The molecule has 216 valence electrons. The predicted molar refractivity (Wildman–Crippen MR) is 151 cm³/mol. The van der Waals surface area contributed by atoms with E-state index in [9.17, 15) is 18.0 Å². The zero-order valence-electron chi connectivity index (χ0n) is 23.7. The lowest BCUT2D eigenvalue weighted by molar-refractivity contribution is -0.137. The monoisotopic (exact) mass is 578 g/mol. The number of piperazine rings is 1. The highest BCUT2D eigenvalue weighted by Gasteiger charge is 2.36. The van der Waals surface area contributed by atoms with Crippen LogP contribution < -0.4 is 9.80 Å². The maximum atomic E-state index is 14.1. The number of aromatic nitrogens is 3. The van der Waals surface area contributed by atoms with Crippen LogP contribution in [0, 0.1) is 0 Å². The molecule has 12 heteroatoms. The Morgan fingerprint density at radius 2 is 1.65 bits per heavy atom. The Balaban J connectivity index is 1.76. The minimum Gasteiger partial charge on any atom is -0.443 e. The number of pyridine rings is 1. The van der Waals surface area contributed by atoms with E-state index in [1.165, 1.54) is 19.4 Å². The summed E-state index contributed by atoms with van der Waals surface area (Å²) in [6.45, 7) is 14.8. The van der Waals surface area contributed by atoms with Crippen LogP contribution in [-0.2, 0) is 10.9 Å². The number of nitrogens with zero attached hydrogens (tertiary/aromatic N) is 6. The second-order valence-electron chi connectivity index (χ2n) is 11.8. The van der Waals surface area contributed by atoms with Crippen LogP contribution in [0.2, 0.25) is 5.02 Å². The lowest BCUT2D eigenvalue weighted by atomic mass is 10.0. The number of carbonyl (C=O) groups is 1. The summed E-state index contributed by atoms with van der Waals surface area (Å²) in [5.41, 5.74) is -1.66. The average Bonchev–Trinajstić information content (AvgIpc) is 2.85. The van der Waals surface area contributed by atoms with Crippen molar-refractivity contribution in [3.05, 3.63) is 41.2 Å². The van der Waals surface area contributed by atoms with Gasteiger partial charge < -0.3 is 9.64 Å². The van der Waals surface area contributed by atoms with Crippen LogP contribution in [-0.4, -0.2) is 70.3 Å². The van der Waals surface area contributed by atoms with E-state index in [4.69, 9.17) is 16.3 Å². The van der Waals surface area contributed by atoms with E-state index in [2.05, 4.69) is 45.5 Å². The lowest BCUT2D eigenvalue weighted by Gasteiger charge is -2.42. The number of ether oxygens (including phenoxy) is 1. The van der Waals surface area contributed by atoms with E-state index in [0.29, 0.717) is 16.7 Å². The highest BCUT2D eigenvalue weighted by Crippen LogP contribution is 2.41. The van der Waals surface area contributed by atoms with Gasteiger partial charge in [0.2, 0.25) is 0 Å². The fourth-order valence-electron chi connectivity index (χ4n) is 4.58. The first-order valence-corrected chi connectivity index (χ1v) is 13.3. The molecule has 0 N–H and O–H groups in total. The number of rotatable bonds is 3. The first kappa shape index (κ1) is 29.8. The standard InChI is InChI=1S/C28H34ClF3N6O2/c1-26(2,3)38-12-10-37(11-13-38)24-18-14-20(29)17(15-21(18)33-16-34-24)23-19(28(30,31)32)8-9-22(35-23)36(7)25(39)40-27(4,5)6/h8-9,14-16H,10-13H2,1-7H3. The summed E-state index contributed by atoms with van der Waals surface area (Å²) in [4.78, 5) is 31.2. The number of benzene rings is 1. The molecule has 4 rings (SSSR count). The topological polar surface area (TPSA) is 74.7 Å². The summed E-state index contributed by atoms with van der Waals surface area (Å²) >= 11 is 6.64. The van der Waals surface area contributed by atoms with Gasteiger partial charge in [-0.05, 0) is 65.8 Å². The van der Waals surface area contributed by atoms with E-state index in [0.717, 1.165) is 43.2 Å². The minimum absolute atomic E-state index is 0.0199. The lowest BCUT2D eigenvalue weighted by Crippen LogP contribution is -2.53. The Bertz CT molecular complexity index is 1410. The van der Waals surface area contributed by atoms with Gasteiger partial charge in [0.15, 0.2) is 0 Å². The molecule has 1 saturated heterocycles. The maximum absolute atomic E-state index is 14.1. The van der Waals surface area contributed by atoms with Gasteiger partial charge in [-0.15, -0.1) is 0 Å². The fourth-order valence-corrected chi connectivity index (χ4v) is 4.83. The van der Waals surface area contributed by atoms with Gasteiger partial charge in [0.05, 0.1) is 21.8 Å². The van der Waals surface area contributed by atoms with Crippen LogP contribution in [0.25, 0.3) is 22.2 Å². The molecule has 0 atom stereocenters. The van der Waals surface area contributed by atoms with E-state index in [-0.39, 0.29) is 21.9 Å². The molecule has 3 heterocycles. The third-order valence-corrected chi connectivity index (χ3v) is 7.00. The normalized spacial score (nSPS) is 15.4. The molecule has 40 heavy (non-hydrogen) atoms. The van der Waals surface area contributed by atoms with Gasteiger partial charge in [0.1, 0.15) is 23.6 Å². The van der Waals surface area contributed by atoms with Crippen molar-refractivity contribution >= 4 is 40.2 Å².